The van der Waals surface area contributed by atoms with Gasteiger partial charge in [0.05, 0.1) is 0 Å². The van der Waals surface area contributed by atoms with Crippen molar-refractivity contribution in [2.24, 2.45) is 0 Å². The van der Waals surface area contributed by atoms with Crippen LogP contribution in [-0.4, -0.2) is 47.2 Å². The van der Waals surface area contributed by atoms with Crippen LogP contribution in [0.15, 0.2) is 18.2 Å². The summed E-state index contributed by atoms with van der Waals surface area (Å²) in [5.41, 5.74) is 2.06. The highest BCUT2D eigenvalue weighted by Gasteiger charge is 2.38. The first-order valence-corrected chi connectivity index (χ1v) is 9.56. The van der Waals surface area contributed by atoms with Crippen molar-refractivity contribution in [2.45, 2.75) is 72.1 Å². The third-order valence-corrected chi connectivity index (χ3v) is 4.45. The summed E-state index contributed by atoms with van der Waals surface area (Å²) in [6, 6.07) is 4.95. The fourth-order valence-electron chi connectivity index (χ4n) is 3.05. The molecule has 7 nitrogen and oxygen atoms in total. The highest BCUT2D eigenvalue weighted by atomic mass is 16.6. The number of hydrogen-bond donors (Lipinski definition) is 1. The molecule has 0 aromatic heterocycles. The molecule has 28 heavy (non-hydrogen) atoms. The van der Waals surface area contributed by atoms with Gasteiger partial charge >= 0.3 is 12.1 Å². The van der Waals surface area contributed by atoms with E-state index in [1.807, 2.05) is 32.0 Å². The van der Waals surface area contributed by atoms with E-state index in [4.69, 9.17) is 9.47 Å². The Morgan fingerprint density at radius 3 is 2.50 bits per heavy atom. The number of nitrogens with zero attached hydrogens (tertiary/aromatic N) is 1. The van der Waals surface area contributed by atoms with E-state index in [2.05, 4.69) is 5.32 Å². The molecule has 1 aromatic rings. The molecule has 2 amide bonds. The van der Waals surface area contributed by atoms with Crippen LogP contribution in [-0.2, 0) is 19.1 Å². The summed E-state index contributed by atoms with van der Waals surface area (Å²) < 4.78 is 10.7. The summed E-state index contributed by atoms with van der Waals surface area (Å²) in [6.07, 6.45) is -0.348. The quantitative estimate of drug-likeness (QED) is 0.795. The Bertz CT molecular complexity index is 754. The van der Waals surface area contributed by atoms with Crippen LogP contribution >= 0.6 is 0 Å². The van der Waals surface area contributed by atoms with Crippen LogP contribution in [0.5, 0.6) is 0 Å². The number of nitrogens with one attached hydrogen (secondary N) is 1. The van der Waals surface area contributed by atoms with Gasteiger partial charge in [0.25, 0.3) is 5.91 Å². The molecule has 0 radical (unpaired) electrons. The second kappa shape index (κ2) is 8.63. The van der Waals surface area contributed by atoms with Gasteiger partial charge in [0.15, 0.2) is 6.10 Å². The third kappa shape index (κ3) is 5.71. The summed E-state index contributed by atoms with van der Waals surface area (Å²) in [5.74, 6) is -1.01. The number of ether oxygens (including phenoxy) is 2. The number of aryl methyl sites for hydroxylation is 2. The van der Waals surface area contributed by atoms with Crippen molar-refractivity contribution in [3.63, 3.8) is 0 Å². The molecule has 0 unspecified atom stereocenters. The Hall–Kier alpha value is -2.57. The van der Waals surface area contributed by atoms with E-state index in [0.29, 0.717) is 25.1 Å². The molecule has 0 saturated carbocycles. The number of rotatable bonds is 4. The smallest absolute Gasteiger partial charge is 0.411 e. The van der Waals surface area contributed by atoms with E-state index in [1.165, 1.54) is 11.8 Å². The summed E-state index contributed by atoms with van der Waals surface area (Å²) in [5, 5.41) is 2.78. The van der Waals surface area contributed by atoms with E-state index in [9.17, 15) is 14.4 Å². The van der Waals surface area contributed by atoms with Crippen LogP contribution in [0.4, 0.5) is 10.5 Å². The summed E-state index contributed by atoms with van der Waals surface area (Å²) in [4.78, 5) is 38.7. The zero-order chi connectivity index (χ0) is 21.1. The number of amides is 2. The van der Waals surface area contributed by atoms with Crippen molar-refractivity contribution in [1.82, 2.24) is 4.90 Å². The summed E-state index contributed by atoms with van der Waals surface area (Å²) >= 11 is 0. The Balaban J connectivity index is 1.96. The average molecular weight is 390 g/mol. The number of anilines is 1. The maximum absolute atomic E-state index is 12.6. The van der Waals surface area contributed by atoms with Crippen molar-refractivity contribution in [3.05, 3.63) is 29.3 Å². The van der Waals surface area contributed by atoms with Gasteiger partial charge in [-0.2, -0.15) is 0 Å². The standard InChI is InChI=1S/C21H30N2O5/c1-13-9-10-16(14(2)12-13)22-18(24)15(3)27-19(25)17-8-7-11-23(17)20(26)28-21(4,5)6/h9-10,12,15,17H,7-8,11H2,1-6H3,(H,22,24)/t15-,17-/m0/s1. The van der Waals surface area contributed by atoms with Crippen LogP contribution in [0.25, 0.3) is 0 Å². The molecule has 1 aliphatic rings. The van der Waals surface area contributed by atoms with Gasteiger partial charge in [-0.3, -0.25) is 9.69 Å². The van der Waals surface area contributed by atoms with Crippen molar-refractivity contribution in [3.8, 4) is 0 Å². The first-order chi connectivity index (χ1) is 13.0. The van der Waals surface area contributed by atoms with Gasteiger partial charge in [0, 0.05) is 12.2 Å². The van der Waals surface area contributed by atoms with Gasteiger partial charge < -0.3 is 14.8 Å². The second-order valence-corrected chi connectivity index (χ2v) is 8.22. The monoisotopic (exact) mass is 390 g/mol. The molecule has 0 aliphatic carbocycles. The normalized spacial score (nSPS) is 17.8. The minimum atomic E-state index is -0.978. The Kier molecular flexibility index (Phi) is 6.69. The lowest BCUT2D eigenvalue weighted by molar-refractivity contribution is -0.157. The van der Waals surface area contributed by atoms with E-state index in [0.717, 1.165) is 11.1 Å². The molecule has 1 N–H and O–H groups in total. The van der Waals surface area contributed by atoms with Crippen LogP contribution in [0.3, 0.4) is 0 Å². The lowest BCUT2D eigenvalue weighted by Crippen LogP contribution is -2.45. The van der Waals surface area contributed by atoms with E-state index < -0.39 is 35.7 Å². The molecule has 1 aliphatic heterocycles. The molecule has 1 heterocycles. The maximum Gasteiger partial charge on any atom is 0.411 e. The average Bonchev–Trinajstić information content (AvgIpc) is 3.05. The maximum atomic E-state index is 12.6. The van der Waals surface area contributed by atoms with E-state index in [-0.39, 0.29) is 0 Å². The van der Waals surface area contributed by atoms with Gasteiger partial charge in [-0.05, 0) is 66.0 Å². The third-order valence-electron chi connectivity index (χ3n) is 4.45. The molecule has 1 saturated heterocycles. The van der Waals surface area contributed by atoms with Gasteiger partial charge in [-0.15, -0.1) is 0 Å². The molecule has 0 spiro atoms. The van der Waals surface area contributed by atoms with E-state index >= 15 is 0 Å². The van der Waals surface area contributed by atoms with Crippen LogP contribution in [0.1, 0.15) is 51.7 Å². The minimum absolute atomic E-state index is 0.415. The largest absolute Gasteiger partial charge is 0.451 e. The molecule has 154 valence electrons. The van der Waals surface area contributed by atoms with Crippen molar-refractivity contribution < 1.29 is 23.9 Å². The molecular weight excluding hydrogens is 360 g/mol. The van der Waals surface area contributed by atoms with Gasteiger partial charge in [-0.25, -0.2) is 9.59 Å². The predicted octanol–water partition coefficient (Wildman–Crippen LogP) is 3.57. The van der Waals surface area contributed by atoms with Gasteiger partial charge in [-0.1, -0.05) is 17.7 Å². The molecule has 1 fully saturated rings. The molecule has 1 aromatic carbocycles. The lowest BCUT2D eigenvalue weighted by Gasteiger charge is -2.28. The molecule has 0 bridgehead atoms. The zero-order valence-corrected chi connectivity index (χ0v) is 17.5. The number of carbonyl (C=O) groups excluding carboxylic acids is 3. The van der Waals surface area contributed by atoms with Gasteiger partial charge in [0.1, 0.15) is 11.6 Å². The molecule has 7 heteroatoms. The number of hydrogen-bond acceptors (Lipinski definition) is 5. The Morgan fingerprint density at radius 1 is 1.21 bits per heavy atom. The molecule has 2 atom stereocenters. The Labute approximate surface area is 166 Å². The SMILES string of the molecule is Cc1ccc(NC(=O)[C@H](C)OC(=O)[C@@H]2CCCN2C(=O)OC(C)(C)C)c(C)c1. The topological polar surface area (TPSA) is 84.9 Å². The predicted molar refractivity (Wildman–Crippen MR) is 106 cm³/mol. The van der Waals surface area contributed by atoms with Crippen molar-refractivity contribution in [1.29, 1.82) is 0 Å². The second-order valence-electron chi connectivity index (χ2n) is 8.22. The van der Waals surface area contributed by atoms with E-state index in [1.54, 1.807) is 20.8 Å². The minimum Gasteiger partial charge on any atom is -0.451 e. The summed E-state index contributed by atoms with van der Waals surface area (Å²) in [7, 11) is 0. The fourth-order valence-corrected chi connectivity index (χ4v) is 3.05. The first-order valence-electron chi connectivity index (χ1n) is 9.56. The number of esters is 1. The van der Waals surface area contributed by atoms with Crippen LogP contribution in [0, 0.1) is 13.8 Å². The molecule has 2 rings (SSSR count). The lowest BCUT2D eigenvalue weighted by atomic mass is 10.1. The zero-order valence-electron chi connectivity index (χ0n) is 17.5. The van der Waals surface area contributed by atoms with Gasteiger partial charge in [0.2, 0.25) is 0 Å². The van der Waals surface area contributed by atoms with Crippen LogP contribution < -0.4 is 5.32 Å². The highest BCUT2D eigenvalue weighted by molar-refractivity contribution is 5.96. The van der Waals surface area contributed by atoms with Crippen molar-refractivity contribution >= 4 is 23.7 Å². The van der Waals surface area contributed by atoms with Crippen LogP contribution in [0.2, 0.25) is 0 Å². The Morgan fingerprint density at radius 2 is 1.89 bits per heavy atom. The van der Waals surface area contributed by atoms with Crippen molar-refractivity contribution in [2.75, 3.05) is 11.9 Å². The number of carbonyl (C=O) groups is 3. The first kappa shape index (κ1) is 21.7. The number of likely N-dealkylation sites (tertiary alicyclic amines) is 1. The molecular formula is C21H30N2O5. The highest BCUT2D eigenvalue weighted by Crippen LogP contribution is 2.22. The number of benzene rings is 1. The fraction of sp³-hybridized carbons (Fsp3) is 0.571. The summed E-state index contributed by atoms with van der Waals surface area (Å²) in [6.45, 7) is 11.1.